The van der Waals surface area contributed by atoms with E-state index in [1.54, 1.807) is 17.5 Å². The fraction of sp³-hybridized carbons (Fsp3) is 0.0556. The van der Waals surface area contributed by atoms with Crippen LogP contribution in [0.1, 0.15) is 6.92 Å². The molecule has 0 fully saturated rings. The number of amides is 1. The lowest BCUT2D eigenvalue weighted by molar-refractivity contribution is -0.114. The monoisotopic (exact) mass is 334 g/mol. The Morgan fingerprint density at radius 3 is 2.75 bits per heavy atom. The Morgan fingerprint density at radius 2 is 1.96 bits per heavy atom. The molecule has 1 amide bonds. The van der Waals surface area contributed by atoms with Gasteiger partial charge in [-0.25, -0.2) is 9.97 Å². The second-order valence-corrected chi connectivity index (χ2v) is 6.27. The van der Waals surface area contributed by atoms with E-state index in [9.17, 15) is 4.79 Å². The summed E-state index contributed by atoms with van der Waals surface area (Å²) in [6.07, 6.45) is 3.72. The average Bonchev–Trinajstić information content (AvgIpc) is 3.23. The number of benzene rings is 2. The van der Waals surface area contributed by atoms with E-state index in [1.807, 2.05) is 40.5 Å². The maximum absolute atomic E-state index is 11.1. The fourth-order valence-electron chi connectivity index (χ4n) is 2.63. The van der Waals surface area contributed by atoms with Crippen molar-refractivity contribution < 1.29 is 4.79 Å². The Morgan fingerprint density at radius 1 is 1.12 bits per heavy atom. The van der Waals surface area contributed by atoms with Gasteiger partial charge in [0, 0.05) is 36.3 Å². The van der Waals surface area contributed by atoms with Crippen molar-refractivity contribution in [1.29, 1.82) is 0 Å². The summed E-state index contributed by atoms with van der Waals surface area (Å²) in [5.74, 6) is 0.764. The number of carbonyl (C=O) groups excluding carboxylic acids is 1. The van der Waals surface area contributed by atoms with Gasteiger partial charge in [0.2, 0.25) is 5.91 Å². The van der Waals surface area contributed by atoms with Crippen molar-refractivity contribution in [2.75, 3.05) is 5.32 Å². The molecule has 1 N–H and O–H groups in total. The minimum Gasteiger partial charge on any atom is -0.326 e. The lowest BCUT2D eigenvalue weighted by atomic mass is 10.2. The summed E-state index contributed by atoms with van der Waals surface area (Å²) in [6.45, 7) is 1.50. The number of carbonyl (C=O) groups is 1. The number of rotatable bonds is 3. The van der Waals surface area contributed by atoms with Crippen LogP contribution < -0.4 is 5.32 Å². The third-order valence-corrected chi connectivity index (χ3v) is 4.51. The standard InChI is InChI=1S/C18H14N4OS/c1-12(23)21-14-4-2-13(3-5-14)18-19-8-9-22(18)15-6-7-17-16(10-15)20-11-24-17/h2-11H,1H3,(H,21,23). The number of thiazole rings is 1. The molecule has 24 heavy (non-hydrogen) atoms. The molecular formula is C18H14N4OS. The van der Waals surface area contributed by atoms with E-state index in [2.05, 4.69) is 33.5 Å². The Labute approximate surface area is 142 Å². The maximum atomic E-state index is 11.1. The number of imidazole rings is 1. The molecule has 0 unspecified atom stereocenters. The summed E-state index contributed by atoms with van der Waals surface area (Å²) in [5, 5.41) is 2.77. The van der Waals surface area contributed by atoms with E-state index in [-0.39, 0.29) is 5.91 Å². The number of nitrogens with one attached hydrogen (secondary N) is 1. The highest BCUT2D eigenvalue weighted by atomic mass is 32.1. The van der Waals surface area contributed by atoms with Crippen molar-refractivity contribution in [1.82, 2.24) is 14.5 Å². The van der Waals surface area contributed by atoms with Gasteiger partial charge in [0.05, 0.1) is 15.7 Å². The van der Waals surface area contributed by atoms with Gasteiger partial charge in [0.25, 0.3) is 0 Å². The SMILES string of the molecule is CC(=O)Nc1ccc(-c2nccn2-c2ccc3scnc3c2)cc1. The van der Waals surface area contributed by atoms with Gasteiger partial charge in [-0.05, 0) is 42.5 Å². The summed E-state index contributed by atoms with van der Waals surface area (Å²) >= 11 is 1.63. The number of aromatic nitrogens is 3. The van der Waals surface area contributed by atoms with Crippen LogP contribution in [0.4, 0.5) is 5.69 Å². The largest absolute Gasteiger partial charge is 0.326 e. The number of nitrogens with zero attached hydrogens (tertiary/aromatic N) is 3. The lowest BCUT2D eigenvalue weighted by Gasteiger charge is -2.09. The first-order chi connectivity index (χ1) is 11.7. The molecule has 0 bridgehead atoms. The van der Waals surface area contributed by atoms with Crippen molar-refractivity contribution in [2.24, 2.45) is 0 Å². The molecule has 0 saturated heterocycles. The van der Waals surface area contributed by atoms with Crippen LogP contribution in [-0.4, -0.2) is 20.4 Å². The minimum atomic E-state index is -0.0826. The highest BCUT2D eigenvalue weighted by Crippen LogP contribution is 2.26. The van der Waals surface area contributed by atoms with Gasteiger partial charge >= 0.3 is 0 Å². The van der Waals surface area contributed by atoms with Gasteiger partial charge in [0.15, 0.2) is 0 Å². The first-order valence-corrected chi connectivity index (χ1v) is 8.34. The molecule has 4 rings (SSSR count). The molecule has 0 radical (unpaired) electrons. The summed E-state index contributed by atoms with van der Waals surface area (Å²) in [5.41, 5.74) is 5.61. The van der Waals surface area contributed by atoms with E-state index in [1.165, 1.54) is 11.6 Å². The summed E-state index contributed by atoms with van der Waals surface area (Å²) in [7, 11) is 0. The molecule has 2 aromatic heterocycles. The second-order valence-electron chi connectivity index (χ2n) is 5.38. The number of hydrogen-bond donors (Lipinski definition) is 1. The summed E-state index contributed by atoms with van der Waals surface area (Å²) in [6, 6.07) is 13.8. The Hall–Kier alpha value is -2.99. The van der Waals surface area contributed by atoms with Crippen molar-refractivity contribution in [3.05, 3.63) is 60.4 Å². The van der Waals surface area contributed by atoms with Crippen molar-refractivity contribution in [3.8, 4) is 17.1 Å². The zero-order valence-electron chi connectivity index (χ0n) is 12.9. The molecule has 118 valence electrons. The molecule has 4 aromatic rings. The Kier molecular flexibility index (Phi) is 3.59. The topological polar surface area (TPSA) is 59.8 Å². The van der Waals surface area contributed by atoms with Gasteiger partial charge in [-0.2, -0.15) is 0 Å². The first kappa shape index (κ1) is 14.6. The zero-order chi connectivity index (χ0) is 16.5. The Balaban J connectivity index is 1.72. The molecule has 2 heterocycles. The lowest BCUT2D eigenvalue weighted by Crippen LogP contribution is -2.05. The summed E-state index contributed by atoms with van der Waals surface area (Å²) in [4.78, 5) is 20.0. The van der Waals surface area contributed by atoms with Gasteiger partial charge < -0.3 is 5.32 Å². The molecule has 6 heteroatoms. The Bertz CT molecular complexity index is 1020. The molecule has 5 nitrogen and oxygen atoms in total. The van der Waals surface area contributed by atoms with Gasteiger partial charge in [-0.1, -0.05) is 0 Å². The third-order valence-electron chi connectivity index (χ3n) is 3.70. The first-order valence-electron chi connectivity index (χ1n) is 7.46. The van der Waals surface area contributed by atoms with Crippen LogP contribution in [0.25, 0.3) is 27.3 Å². The average molecular weight is 334 g/mol. The zero-order valence-corrected chi connectivity index (χ0v) is 13.7. The van der Waals surface area contributed by atoms with E-state index in [4.69, 9.17) is 0 Å². The normalized spacial score (nSPS) is 10.9. The van der Waals surface area contributed by atoms with Crippen LogP contribution in [0.15, 0.2) is 60.4 Å². The predicted octanol–water partition coefficient (Wildman–Crippen LogP) is 4.11. The minimum absolute atomic E-state index is 0.0826. The highest BCUT2D eigenvalue weighted by Gasteiger charge is 2.09. The predicted molar refractivity (Wildman–Crippen MR) is 96.5 cm³/mol. The smallest absolute Gasteiger partial charge is 0.221 e. The van der Waals surface area contributed by atoms with Crippen LogP contribution in [0.5, 0.6) is 0 Å². The number of hydrogen-bond acceptors (Lipinski definition) is 4. The van der Waals surface area contributed by atoms with Gasteiger partial charge in [-0.3, -0.25) is 9.36 Å². The molecule has 0 spiro atoms. The van der Waals surface area contributed by atoms with E-state index >= 15 is 0 Å². The van der Waals surface area contributed by atoms with Gasteiger partial charge in [0.1, 0.15) is 5.82 Å². The molecule has 2 aromatic carbocycles. The molecule has 0 aliphatic carbocycles. The summed E-state index contributed by atoms with van der Waals surface area (Å²) < 4.78 is 3.20. The van der Waals surface area contributed by atoms with Crippen LogP contribution in [-0.2, 0) is 4.79 Å². The van der Waals surface area contributed by atoms with E-state index < -0.39 is 0 Å². The maximum Gasteiger partial charge on any atom is 0.221 e. The van der Waals surface area contributed by atoms with Crippen LogP contribution >= 0.6 is 11.3 Å². The van der Waals surface area contributed by atoms with Crippen LogP contribution in [0.2, 0.25) is 0 Å². The van der Waals surface area contributed by atoms with Crippen molar-refractivity contribution in [2.45, 2.75) is 6.92 Å². The molecule has 0 aliphatic rings. The highest BCUT2D eigenvalue weighted by molar-refractivity contribution is 7.16. The van der Waals surface area contributed by atoms with E-state index in [0.717, 1.165) is 28.3 Å². The van der Waals surface area contributed by atoms with Crippen LogP contribution in [0, 0.1) is 0 Å². The number of anilines is 1. The van der Waals surface area contributed by atoms with Gasteiger partial charge in [-0.15, -0.1) is 11.3 Å². The quantitative estimate of drug-likeness (QED) is 0.613. The van der Waals surface area contributed by atoms with E-state index in [0.29, 0.717) is 0 Å². The number of fused-ring (bicyclic) bond motifs is 1. The van der Waals surface area contributed by atoms with Crippen molar-refractivity contribution >= 4 is 33.1 Å². The third kappa shape index (κ3) is 2.68. The second kappa shape index (κ2) is 5.90. The molecule has 0 aliphatic heterocycles. The van der Waals surface area contributed by atoms with Crippen molar-refractivity contribution in [3.63, 3.8) is 0 Å². The fourth-order valence-corrected chi connectivity index (χ4v) is 3.29. The molecule has 0 saturated carbocycles. The molecule has 0 atom stereocenters. The van der Waals surface area contributed by atoms with Crippen LogP contribution in [0.3, 0.4) is 0 Å². The molecular weight excluding hydrogens is 320 g/mol.